The summed E-state index contributed by atoms with van der Waals surface area (Å²) in [4.78, 5) is 0. The number of rotatable bonds is 3. The summed E-state index contributed by atoms with van der Waals surface area (Å²) in [7, 11) is 0. The van der Waals surface area contributed by atoms with Gasteiger partial charge in [0.25, 0.3) is 0 Å². The highest BCUT2D eigenvalue weighted by atomic mass is 79.9. The van der Waals surface area contributed by atoms with Gasteiger partial charge in [0.15, 0.2) is 11.6 Å². The molecule has 4 heteroatoms. The maximum Gasteiger partial charge on any atom is 0.200 e. The summed E-state index contributed by atoms with van der Waals surface area (Å²) in [5.74, 6) is -1.97. The third kappa shape index (κ3) is 2.80. The van der Waals surface area contributed by atoms with E-state index in [2.05, 4.69) is 15.9 Å². The summed E-state index contributed by atoms with van der Waals surface area (Å²) in [6, 6.07) is 2.44. The first-order valence-corrected chi connectivity index (χ1v) is 4.83. The van der Waals surface area contributed by atoms with Crippen LogP contribution in [0.4, 0.5) is 8.78 Å². The van der Waals surface area contributed by atoms with Gasteiger partial charge in [-0.2, -0.15) is 4.39 Å². The predicted octanol–water partition coefficient (Wildman–Crippen LogP) is 3.68. The average molecular weight is 263 g/mol. The van der Waals surface area contributed by atoms with Crippen molar-refractivity contribution in [1.29, 1.82) is 0 Å². The fourth-order valence-electron chi connectivity index (χ4n) is 0.872. The van der Waals surface area contributed by atoms with E-state index in [1.165, 1.54) is 6.07 Å². The molecule has 0 heterocycles. The molecule has 0 aliphatic carbocycles. The van der Waals surface area contributed by atoms with Crippen LogP contribution in [-0.4, -0.2) is 6.61 Å². The van der Waals surface area contributed by atoms with Gasteiger partial charge in [0.1, 0.15) is 6.61 Å². The van der Waals surface area contributed by atoms with Crippen LogP contribution in [0.3, 0.4) is 0 Å². The lowest BCUT2D eigenvalue weighted by Crippen LogP contribution is -1.98. The Morgan fingerprint density at radius 2 is 2.14 bits per heavy atom. The summed E-state index contributed by atoms with van der Waals surface area (Å²) in [5, 5.41) is 0. The molecular weight excluding hydrogens is 254 g/mol. The molecule has 76 valence electrons. The number of benzene rings is 1. The van der Waals surface area contributed by atoms with Gasteiger partial charge in [0, 0.05) is 4.47 Å². The van der Waals surface area contributed by atoms with Crippen LogP contribution in [-0.2, 0) is 0 Å². The molecule has 0 spiro atoms. The largest absolute Gasteiger partial charge is 0.486 e. The van der Waals surface area contributed by atoms with Crippen molar-refractivity contribution in [2.75, 3.05) is 6.61 Å². The predicted molar refractivity (Wildman–Crippen MR) is 54.4 cm³/mol. The van der Waals surface area contributed by atoms with E-state index in [1.807, 2.05) is 6.92 Å². The minimum absolute atomic E-state index is 0.0880. The van der Waals surface area contributed by atoms with E-state index in [4.69, 9.17) is 4.74 Å². The lowest BCUT2D eigenvalue weighted by Gasteiger charge is -2.05. The van der Waals surface area contributed by atoms with Gasteiger partial charge in [-0.15, -0.1) is 0 Å². The van der Waals surface area contributed by atoms with Gasteiger partial charge in [0.2, 0.25) is 5.82 Å². The fraction of sp³-hybridized carbons (Fsp3) is 0.200. The second kappa shape index (κ2) is 5.10. The Hall–Kier alpha value is -0.900. The smallest absolute Gasteiger partial charge is 0.200 e. The van der Waals surface area contributed by atoms with E-state index in [0.717, 1.165) is 6.07 Å². The summed E-state index contributed by atoms with van der Waals surface area (Å²) in [6.07, 6.45) is 3.48. The minimum Gasteiger partial charge on any atom is -0.486 e. The molecule has 1 aromatic rings. The zero-order valence-corrected chi connectivity index (χ0v) is 9.14. The van der Waals surface area contributed by atoms with Gasteiger partial charge in [0.05, 0.1) is 0 Å². The van der Waals surface area contributed by atoms with Crippen LogP contribution in [0.5, 0.6) is 5.75 Å². The van der Waals surface area contributed by atoms with E-state index < -0.39 is 11.6 Å². The van der Waals surface area contributed by atoms with Crippen LogP contribution in [0.2, 0.25) is 0 Å². The maximum atomic E-state index is 13.1. The highest BCUT2D eigenvalue weighted by Crippen LogP contribution is 2.25. The van der Waals surface area contributed by atoms with E-state index in [0.29, 0.717) is 4.47 Å². The van der Waals surface area contributed by atoms with Crippen LogP contribution in [0.15, 0.2) is 28.8 Å². The molecule has 1 rings (SSSR count). The Morgan fingerprint density at radius 3 is 2.79 bits per heavy atom. The zero-order valence-electron chi connectivity index (χ0n) is 7.56. The van der Waals surface area contributed by atoms with Crippen LogP contribution >= 0.6 is 15.9 Å². The molecular formula is C10H9BrF2O. The fourth-order valence-corrected chi connectivity index (χ4v) is 1.28. The lowest BCUT2D eigenvalue weighted by atomic mass is 10.3. The molecule has 0 amide bonds. The van der Waals surface area contributed by atoms with Gasteiger partial charge in [-0.05, 0) is 19.1 Å². The van der Waals surface area contributed by atoms with Crippen molar-refractivity contribution in [3.05, 3.63) is 40.4 Å². The molecule has 0 atom stereocenters. The summed E-state index contributed by atoms with van der Waals surface area (Å²) in [5.41, 5.74) is 0. The number of hydrogen-bond acceptors (Lipinski definition) is 1. The van der Waals surface area contributed by atoms with E-state index >= 15 is 0 Å². The maximum absolute atomic E-state index is 13.1. The number of allylic oxidation sites excluding steroid dienone is 1. The van der Waals surface area contributed by atoms with Gasteiger partial charge in [-0.25, -0.2) is 4.39 Å². The summed E-state index contributed by atoms with van der Waals surface area (Å²) >= 11 is 3.05. The van der Waals surface area contributed by atoms with Crippen LogP contribution in [0.25, 0.3) is 0 Å². The molecule has 14 heavy (non-hydrogen) atoms. The Bertz CT molecular complexity index is 350. The summed E-state index contributed by atoms with van der Waals surface area (Å²) < 4.78 is 31.4. The van der Waals surface area contributed by atoms with Gasteiger partial charge >= 0.3 is 0 Å². The van der Waals surface area contributed by atoms with Crippen molar-refractivity contribution in [3.63, 3.8) is 0 Å². The topological polar surface area (TPSA) is 9.23 Å². The van der Waals surface area contributed by atoms with Crippen molar-refractivity contribution < 1.29 is 13.5 Å². The van der Waals surface area contributed by atoms with E-state index in [-0.39, 0.29) is 12.4 Å². The molecule has 1 nitrogen and oxygen atoms in total. The highest BCUT2D eigenvalue weighted by molar-refractivity contribution is 9.10. The zero-order chi connectivity index (χ0) is 10.6. The molecule has 0 saturated carbocycles. The lowest BCUT2D eigenvalue weighted by molar-refractivity contribution is 0.332. The Balaban J connectivity index is 2.85. The Kier molecular flexibility index (Phi) is 4.07. The van der Waals surface area contributed by atoms with Crippen LogP contribution in [0, 0.1) is 11.6 Å². The molecule has 0 radical (unpaired) electrons. The van der Waals surface area contributed by atoms with Gasteiger partial charge in [-0.3, -0.25) is 0 Å². The first-order chi connectivity index (χ1) is 6.65. The van der Waals surface area contributed by atoms with Crippen molar-refractivity contribution in [3.8, 4) is 5.75 Å². The van der Waals surface area contributed by atoms with Crippen molar-refractivity contribution in [1.82, 2.24) is 0 Å². The molecule has 0 aliphatic rings. The second-order valence-corrected chi connectivity index (χ2v) is 3.50. The molecule has 0 unspecified atom stereocenters. The SMILES string of the molecule is C/C=C/COc1cc(Br)cc(F)c1F. The highest BCUT2D eigenvalue weighted by Gasteiger charge is 2.10. The first-order valence-electron chi connectivity index (χ1n) is 4.03. The van der Waals surface area contributed by atoms with Crippen LogP contribution < -0.4 is 4.74 Å². The minimum atomic E-state index is -0.960. The molecule has 0 saturated heterocycles. The average Bonchev–Trinajstić information content (AvgIpc) is 2.13. The quantitative estimate of drug-likeness (QED) is 0.597. The van der Waals surface area contributed by atoms with E-state index in [9.17, 15) is 8.78 Å². The molecule has 0 aliphatic heterocycles. The Morgan fingerprint density at radius 1 is 1.43 bits per heavy atom. The second-order valence-electron chi connectivity index (χ2n) is 2.58. The molecule has 0 N–H and O–H groups in total. The van der Waals surface area contributed by atoms with Gasteiger partial charge in [-0.1, -0.05) is 28.1 Å². The summed E-state index contributed by atoms with van der Waals surface area (Å²) in [6.45, 7) is 2.05. The van der Waals surface area contributed by atoms with Crippen LogP contribution in [0.1, 0.15) is 6.92 Å². The third-order valence-electron chi connectivity index (χ3n) is 1.53. The van der Waals surface area contributed by atoms with Crippen molar-refractivity contribution in [2.45, 2.75) is 6.92 Å². The Labute approximate surface area is 89.5 Å². The molecule has 0 aromatic heterocycles. The van der Waals surface area contributed by atoms with E-state index in [1.54, 1.807) is 12.2 Å². The molecule has 1 aromatic carbocycles. The third-order valence-corrected chi connectivity index (χ3v) is 1.99. The number of ether oxygens (including phenoxy) is 1. The van der Waals surface area contributed by atoms with Crippen molar-refractivity contribution >= 4 is 15.9 Å². The monoisotopic (exact) mass is 262 g/mol. The first kappa shape index (κ1) is 11.2. The molecule has 0 bridgehead atoms. The number of halogens is 3. The van der Waals surface area contributed by atoms with Gasteiger partial charge < -0.3 is 4.74 Å². The van der Waals surface area contributed by atoms with Crippen molar-refractivity contribution in [2.24, 2.45) is 0 Å². The number of hydrogen-bond donors (Lipinski definition) is 0. The standard InChI is InChI=1S/C10H9BrF2O/c1-2-3-4-14-9-6-7(11)5-8(12)10(9)13/h2-3,5-6H,4H2,1H3/b3-2+. The molecule has 0 fully saturated rings. The normalized spacial score (nSPS) is 10.9.